The fourth-order valence-corrected chi connectivity index (χ4v) is 2.21. The predicted molar refractivity (Wildman–Crippen MR) is 74.8 cm³/mol. The summed E-state index contributed by atoms with van der Waals surface area (Å²) in [6.45, 7) is 9.21. The van der Waals surface area contributed by atoms with Crippen molar-refractivity contribution in [1.82, 2.24) is 15.1 Å². The average molecular weight is 541 g/mol. The molecule has 7 heteroatoms. The number of rotatable bonds is 7. The van der Waals surface area contributed by atoms with E-state index in [0.717, 1.165) is 25.4 Å². The van der Waals surface area contributed by atoms with E-state index in [1.807, 2.05) is 25.2 Å². The van der Waals surface area contributed by atoms with E-state index in [-0.39, 0.29) is 59.2 Å². The third-order valence-electron chi connectivity index (χ3n) is 3.56. The van der Waals surface area contributed by atoms with E-state index in [1.165, 1.54) is 0 Å². The normalized spacial score (nSPS) is 17.8. The van der Waals surface area contributed by atoms with E-state index in [9.17, 15) is 9.59 Å². The minimum atomic E-state index is -0.602. The summed E-state index contributed by atoms with van der Waals surface area (Å²) in [6, 6.07) is 1.09. The van der Waals surface area contributed by atoms with Crippen molar-refractivity contribution in [3.63, 3.8) is 0 Å². The van der Waals surface area contributed by atoms with Crippen molar-refractivity contribution >= 4 is 12.7 Å². The first-order valence-electron chi connectivity index (χ1n) is 7.07. The van der Waals surface area contributed by atoms with Crippen molar-refractivity contribution in [2.45, 2.75) is 19.8 Å². The molecule has 0 spiro atoms. The molecule has 119 valence electrons. The first-order chi connectivity index (χ1) is 9.36. The van der Waals surface area contributed by atoms with Crippen molar-refractivity contribution < 1.29 is 64.7 Å². The van der Waals surface area contributed by atoms with Crippen LogP contribution in [0.1, 0.15) is 21.1 Å². The van der Waals surface area contributed by atoms with E-state index in [1.54, 1.807) is 4.90 Å². The molecule has 1 N–H and O–H groups in total. The summed E-state index contributed by atoms with van der Waals surface area (Å²) in [7, 11) is 1.87. The molecule has 0 bridgehead atoms. The molecular formula is C14H24N3O2WY-3. The molecule has 0 atom stereocenters. The molecule has 0 aromatic rings. The van der Waals surface area contributed by atoms with Gasteiger partial charge in [0.1, 0.15) is 1.37 Å². The Kier molecular flexibility index (Phi) is 12.8. The van der Waals surface area contributed by atoms with Crippen LogP contribution in [0.2, 0.25) is 0 Å². The second kappa shape index (κ2) is 12.3. The molecule has 21 heavy (non-hydrogen) atoms. The second-order valence-corrected chi connectivity index (χ2v) is 5.53. The van der Waals surface area contributed by atoms with Crippen LogP contribution in [0.3, 0.4) is 0 Å². The van der Waals surface area contributed by atoms with Crippen molar-refractivity contribution in [2.75, 3.05) is 39.8 Å². The smallest absolute Gasteiger partial charge is 0.209 e. The average Bonchev–Trinajstić information content (AvgIpc) is 2.37. The number of amides is 1. The number of likely N-dealkylation sites (N-methyl/N-ethyl adjacent to an activating group) is 1. The topological polar surface area (TPSA) is 52.7 Å². The fourth-order valence-electron chi connectivity index (χ4n) is 2.21. The molecule has 1 rings (SSSR count). The van der Waals surface area contributed by atoms with Crippen LogP contribution >= 0.6 is 0 Å². The van der Waals surface area contributed by atoms with E-state index in [4.69, 9.17) is 1.37 Å². The number of hydrogen-bond acceptors (Lipinski definition) is 4. The number of carbonyl (C=O) groups is 1. The molecular weight excluding hydrogens is 515 g/mol. The summed E-state index contributed by atoms with van der Waals surface area (Å²) in [5.74, 6) is 0. The number of carbonyl (C=O) groups excluding carboxylic acids is 2. The van der Waals surface area contributed by atoms with Crippen molar-refractivity contribution in [2.24, 2.45) is 5.41 Å². The first-order valence-corrected chi connectivity index (χ1v) is 6.57. The summed E-state index contributed by atoms with van der Waals surface area (Å²) in [5.41, 5.74) is -0.0947. The monoisotopic (exact) mass is 541 g/mol. The molecule has 1 radical (unpaired) electrons. The van der Waals surface area contributed by atoms with Gasteiger partial charge in [-0.1, -0.05) is 19.4 Å². The molecule has 0 unspecified atom stereocenters. The zero-order chi connectivity index (χ0) is 15.2. The van der Waals surface area contributed by atoms with Gasteiger partial charge in [0.05, 0.1) is 0 Å². The fraction of sp³-hybridized carbons (Fsp3) is 0.714. The number of nitrogens with zero attached hydrogens (tertiary/aromatic N) is 2. The van der Waals surface area contributed by atoms with Gasteiger partial charge < -0.3 is 26.8 Å². The van der Waals surface area contributed by atoms with Crippen LogP contribution in [0.15, 0.2) is 0 Å². The molecule has 0 aromatic heterocycles. The maximum Gasteiger partial charge on any atom is 0.209 e. The Morgan fingerprint density at radius 2 is 2.14 bits per heavy atom. The Bertz CT molecular complexity index is 342. The van der Waals surface area contributed by atoms with Crippen LogP contribution in [0.4, 0.5) is 0 Å². The third kappa shape index (κ3) is 9.55. The number of nitrogens with one attached hydrogen (secondary N) is 1. The van der Waals surface area contributed by atoms with Crippen LogP contribution in [-0.4, -0.2) is 62.2 Å². The van der Waals surface area contributed by atoms with Crippen LogP contribution in [0.5, 0.6) is 0 Å². The van der Waals surface area contributed by atoms with Crippen molar-refractivity contribution in [3.8, 4) is 0 Å². The Hall–Kier alpha value is 0.852. The van der Waals surface area contributed by atoms with Gasteiger partial charge in [0.15, 0.2) is 0 Å². The molecule has 0 aliphatic carbocycles. The van der Waals surface area contributed by atoms with Gasteiger partial charge in [-0.15, -0.1) is 18.5 Å². The second-order valence-electron chi connectivity index (χ2n) is 5.53. The molecule has 1 heterocycles. The van der Waals surface area contributed by atoms with Crippen LogP contribution < -0.4 is 5.32 Å². The summed E-state index contributed by atoms with van der Waals surface area (Å²) in [4.78, 5) is 24.7. The molecule has 1 aliphatic rings. The van der Waals surface area contributed by atoms with Gasteiger partial charge in [0.25, 0.3) is 0 Å². The molecule has 0 saturated carbocycles. The standard InChI is InChI=1S/C14H24N3O2.W.Y/c1-13(10-16(3)8-9-18)15-11-14(2)4-6-17(12-19)7-5-14;;/h12,15H,2,4-8,10-11H2,1,3H3;;/q-3;;/i12T;;. The van der Waals surface area contributed by atoms with Gasteiger partial charge in [-0.3, -0.25) is 11.1 Å². The Labute approximate surface area is 169 Å². The predicted octanol–water partition coefficient (Wildman–Crippen LogP) is 0.237. The molecule has 1 amide bonds. The number of hydrogen-bond donors (Lipinski definition) is 1. The zero-order valence-corrected chi connectivity index (χ0v) is 18.6. The third-order valence-corrected chi connectivity index (χ3v) is 3.56. The van der Waals surface area contributed by atoms with E-state index in [0.29, 0.717) is 26.2 Å². The molecule has 1 fully saturated rings. The van der Waals surface area contributed by atoms with Gasteiger partial charge in [-0.05, 0) is 7.05 Å². The summed E-state index contributed by atoms with van der Waals surface area (Å²) in [6.07, 6.45) is 2.87. The molecule has 1 saturated heterocycles. The zero-order valence-electron chi connectivity index (χ0n) is 13.9. The maximum atomic E-state index is 11.0. The van der Waals surface area contributed by atoms with Crippen LogP contribution in [0, 0.1) is 18.4 Å². The first kappa shape index (κ1) is 21.9. The summed E-state index contributed by atoms with van der Waals surface area (Å²) >= 11 is 0. The van der Waals surface area contributed by atoms with Gasteiger partial charge in [0, 0.05) is 66.9 Å². The van der Waals surface area contributed by atoms with Crippen molar-refractivity contribution in [1.29, 1.82) is 0 Å². The van der Waals surface area contributed by atoms with Gasteiger partial charge >= 0.3 is 0 Å². The van der Waals surface area contributed by atoms with Gasteiger partial charge in [-0.25, -0.2) is 6.04 Å². The van der Waals surface area contributed by atoms with E-state index in [2.05, 4.69) is 12.2 Å². The number of likely N-dealkylation sites (tertiary alicyclic amines) is 1. The Morgan fingerprint density at radius 1 is 1.57 bits per heavy atom. The van der Waals surface area contributed by atoms with Gasteiger partial charge in [0.2, 0.25) is 6.39 Å². The quantitative estimate of drug-likeness (QED) is 0.371. The van der Waals surface area contributed by atoms with E-state index < -0.39 is 6.39 Å². The Morgan fingerprint density at radius 3 is 2.62 bits per heavy atom. The summed E-state index contributed by atoms with van der Waals surface area (Å²) < 4.78 is 7.10. The summed E-state index contributed by atoms with van der Waals surface area (Å²) in [5, 5.41) is 3.36. The minimum absolute atomic E-state index is 0. The molecule has 5 nitrogen and oxygen atoms in total. The minimum Gasteiger partial charge on any atom is -0.541 e. The van der Waals surface area contributed by atoms with Crippen LogP contribution in [-0.2, 0) is 63.4 Å². The van der Waals surface area contributed by atoms with Crippen molar-refractivity contribution in [3.05, 3.63) is 13.0 Å². The van der Waals surface area contributed by atoms with Gasteiger partial charge in [-0.2, -0.15) is 6.92 Å². The SMILES string of the molecule is [3H]C(=O)N1CCC([CH2-])(CN[C-](C)CN(C)C[C-]=O)CC1.[W].[Y]. The van der Waals surface area contributed by atoms with E-state index >= 15 is 0 Å². The molecule has 1 aliphatic heterocycles. The Balaban J connectivity index is 0. The largest absolute Gasteiger partial charge is 0.541 e. The number of piperidine rings is 1. The molecule has 0 aromatic carbocycles. The van der Waals surface area contributed by atoms with Crippen LogP contribution in [0.25, 0.3) is 0 Å². The maximum absolute atomic E-state index is 11.0.